The fraction of sp³-hybridized carbons (Fsp3) is 0.571. The van der Waals surface area contributed by atoms with Gasteiger partial charge in [-0.1, -0.05) is 102 Å². The first kappa shape index (κ1) is 32.3. The molecule has 0 saturated carbocycles. The summed E-state index contributed by atoms with van der Waals surface area (Å²) in [5, 5.41) is 0. The molecule has 0 aliphatic rings. The monoisotopic (exact) mass is 540 g/mol. The Hall–Kier alpha value is -1.74. The van der Waals surface area contributed by atoms with Gasteiger partial charge in [-0.3, -0.25) is 9.11 Å². The predicted molar refractivity (Wildman–Crippen MR) is 147 cm³/mol. The van der Waals surface area contributed by atoms with Crippen LogP contribution in [0.5, 0.6) is 0 Å². The van der Waals surface area contributed by atoms with Crippen LogP contribution in [0.25, 0.3) is 0 Å². The molecule has 0 fully saturated rings. The van der Waals surface area contributed by atoms with E-state index in [1.807, 2.05) is 0 Å². The van der Waals surface area contributed by atoms with Crippen molar-refractivity contribution in [2.45, 2.75) is 114 Å². The third-order valence-corrected chi connectivity index (χ3v) is 7.82. The molecule has 8 heteroatoms. The zero-order chi connectivity index (χ0) is 26.9. The number of hydrogen-bond acceptors (Lipinski definition) is 4. The Labute approximate surface area is 219 Å². The van der Waals surface area contributed by atoms with Crippen molar-refractivity contribution in [3.63, 3.8) is 0 Å². The van der Waals surface area contributed by atoms with E-state index in [1.54, 1.807) is 24.3 Å². The van der Waals surface area contributed by atoms with Crippen LogP contribution in [-0.2, 0) is 33.1 Å². The van der Waals surface area contributed by atoms with Crippen LogP contribution in [0, 0.1) is 0 Å². The van der Waals surface area contributed by atoms with Crippen molar-refractivity contribution in [2.75, 3.05) is 0 Å². The lowest BCUT2D eigenvalue weighted by Crippen LogP contribution is -1.98. The van der Waals surface area contributed by atoms with Gasteiger partial charge in [-0.25, -0.2) is 0 Å². The van der Waals surface area contributed by atoms with Gasteiger partial charge in [-0.15, -0.1) is 0 Å². The molecule has 0 unspecified atom stereocenters. The molecule has 0 aliphatic heterocycles. The standard InChI is InChI=1S/2C14H22O3S/c2*1-2-3-4-5-6-7-8-13-9-11-14(12-10-13)18(15,16)17/h2*9-12H,2-8H2,1H3,(H,15,16,17). The van der Waals surface area contributed by atoms with Crippen molar-refractivity contribution in [2.24, 2.45) is 0 Å². The topological polar surface area (TPSA) is 109 Å². The summed E-state index contributed by atoms with van der Waals surface area (Å²) >= 11 is 0. The Morgan fingerprint density at radius 1 is 0.472 bits per heavy atom. The summed E-state index contributed by atoms with van der Waals surface area (Å²) in [7, 11) is -8.11. The van der Waals surface area contributed by atoms with Crippen molar-refractivity contribution in [1.82, 2.24) is 0 Å². The van der Waals surface area contributed by atoms with Crippen LogP contribution in [0.15, 0.2) is 58.3 Å². The molecule has 0 atom stereocenters. The Kier molecular flexibility index (Phi) is 15.8. The van der Waals surface area contributed by atoms with Gasteiger partial charge in [-0.05, 0) is 61.1 Å². The van der Waals surface area contributed by atoms with Gasteiger partial charge in [0.15, 0.2) is 0 Å². The number of hydrogen-bond donors (Lipinski definition) is 2. The normalized spacial score (nSPS) is 11.7. The Balaban J connectivity index is 0.000000360. The minimum atomic E-state index is -4.06. The third-order valence-electron chi connectivity index (χ3n) is 6.08. The van der Waals surface area contributed by atoms with Crippen LogP contribution in [0.2, 0.25) is 0 Å². The molecule has 2 aromatic carbocycles. The maximum atomic E-state index is 10.9. The molecule has 0 saturated heterocycles. The van der Waals surface area contributed by atoms with Crippen LogP contribution in [0.4, 0.5) is 0 Å². The van der Waals surface area contributed by atoms with Gasteiger partial charge in [0.2, 0.25) is 0 Å². The van der Waals surface area contributed by atoms with Gasteiger partial charge in [0.1, 0.15) is 0 Å². The SMILES string of the molecule is CCCCCCCCc1ccc(S(=O)(=O)O)cc1.CCCCCCCCc1ccc(S(=O)(=O)O)cc1. The van der Waals surface area contributed by atoms with Gasteiger partial charge < -0.3 is 0 Å². The van der Waals surface area contributed by atoms with Gasteiger partial charge in [0.25, 0.3) is 20.2 Å². The highest BCUT2D eigenvalue weighted by molar-refractivity contribution is 7.86. The van der Waals surface area contributed by atoms with Crippen molar-refractivity contribution < 1.29 is 25.9 Å². The molecule has 0 aromatic heterocycles. The van der Waals surface area contributed by atoms with Gasteiger partial charge in [0.05, 0.1) is 9.79 Å². The molecule has 36 heavy (non-hydrogen) atoms. The first-order valence-corrected chi connectivity index (χ1v) is 16.1. The van der Waals surface area contributed by atoms with E-state index in [4.69, 9.17) is 9.11 Å². The van der Waals surface area contributed by atoms with Gasteiger partial charge >= 0.3 is 0 Å². The van der Waals surface area contributed by atoms with E-state index in [2.05, 4.69) is 13.8 Å². The van der Waals surface area contributed by atoms with Crippen LogP contribution < -0.4 is 0 Å². The van der Waals surface area contributed by atoms with Crippen LogP contribution >= 0.6 is 0 Å². The summed E-state index contributed by atoms with van der Waals surface area (Å²) in [6.45, 7) is 4.41. The molecule has 6 nitrogen and oxygen atoms in total. The number of unbranched alkanes of at least 4 members (excludes halogenated alkanes) is 10. The average Bonchev–Trinajstić information content (AvgIpc) is 2.83. The molecule has 0 spiro atoms. The molecule has 0 amide bonds. The van der Waals surface area contributed by atoms with E-state index in [1.165, 1.54) is 88.5 Å². The summed E-state index contributed by atoms with van der Waals surface area (Å²) in [4.78, 5) is -0.0663. The highest BCUT2D eigenvalue weighted by atomic mass is 32.2. The molecule has 2 aromatic rings. The van der Waals surface area contributed by atoms with E-state index >= 15 is 0 Å². The maximum Gasteiger partial charge on any atom is 0.294 e. The van der Waals surface area contributed by atoms with Gasteiger partial charge in [-0.2, -0.15) is 16.8 Å². The highest BCUT2D eigenvalue weighted by Gasteiger charge is 2.09. The van der Waals surface area contributed by atoms with Crippen molar-refractivity contribution in [3.8, 4) is 0 Å². The quantitative estimate of drug-likeness (QED) is 0.167. The lowest BCUT2D eigenvalue weighted by Gasteiger charge is -2.03. The number of rotatable bonds is 16. The highest BCUT2D eigenvalue weighted by Crippen LogP contribution is 2.15. The van der Waals surface area contributed by atoms with E-state index in [0.717, 1.165) is 36.8 Å². The molecule has 2 rings (SSSR count). The Morgan fingerprint density at radius 2 is 0.750 bits per heavy atom. The molecule has 2 N–H and O–H groups in total. The molecule has 0 aliphatic carbocycles. The van der Waals surface area contributed by atoms with Crippen molar-refractivity contribution >= 4 is 20.2 Å². The lowest BCUT2D eigenvalue weighted by molar-refractivity contribution is 0.481. The fourth-order valence-electron chi connectivity index (χ4n) is 3.88. The average molecular weight is 541 g/mol. The summed E-state index contributed by atoms with van der Waals surface area (Å²) in [5.41, 5.74) is 2.25. The number of aryl methyl sites for hydroxylation is 2. The Morgan fingerprint density at radius 3 is 1.03 bits per heavy atom. The largest absolute Gasteiger partial charge is 0.294 e. The second kappa shape index (κ2) is 17.7. The zero-order valence-electron chi connectivity index (χ0n) is 21.9. The van der Waals surface area contributed by atoms with Crippen molar-refractivity contribution in [3.05, 3.63) is 59.7 Å². The third kappa shape index (κ3) is 14.7. The minimum absolute atomic E-state index is 0.0332. The first-order chi connectivity index (χ1) is 17.1. The fourth-order valence-corrected chi connectivity index (χ4v) is 4.84. The smallest absolute Gasteiger partial charge is 0.282 e. The summed E-state index contributed by atoms with van der Waals surface area (Å²) < 4.78 is 61.1. The zero-order valence-corrected chi connectivity index (χ0v) is 23.5. The van der Waals surface area contributed by atoms with E-state index in [9.17, 15) is 16.8 Å². The van der Waals surface area contributed by atoms with Crippen molar-refractivity contribution in [1.29, 1.82) is 0 Å². The Bertz CT molecular complexity index is 957. The molecule has 0 radical (unpaired) electrons. The van der Waals surface area contributed by atoms with Crippen LogP contribution in [0.1, 0.15) is 102 Å². The number of benzene rings is 2. The summed E-state index contributed by atoms with van der Waals surface area (Å²) in [6, 6.07) is 12.9. The minimum Gasteiger partial charge on any atom is -0.282 e. The summed E-state index contributed by atoms with van der Waals surface area (Å²) in [5.74, 6) is 0. The molecule has 0 heterocycles. The second-order valence-corrected chi connectivity index (χ2v) is 12.1. The van der Waals surface area contributed by atoms with Crippen LogP contribution in [0.3, 0.4) is 0 Å². The van der Waals surface area contributed by atoms with E-state index in [-0.39, 0.29) is 9.79 Å². The first-order valence-electron chi connectivity index (χ1n) is 13.2. The van der Waals surface area contributed by atoms with E-state index in [0.29, 0.717) is 0 Å². The predicted octanol–water partition coefficient (Wildman–Crippen LogP) is 7.67. The molecular weight excluding hydrogens is 496 g/mol. The molecule has 0 bridgehead atoms. The van der Waals surface area contributed by atoms with E-state index < -0.39 is 20.2 Å². The maximum absolute atomic E-state index is 10.9. The van der Waals surface area contributed by atoms with Gasteiger partial charge in [0, 0.05) is 0 Å². The van der Waals surface area contributed by atoms with Crippen LogP contribution in [-0.4, -0.2) is 25.9 Å². The summed E-state index contributed by atoms with van der Waals surface area (Å²) in [6.07, 6.45) is 16.9. The second-order valence-electron chi connectivity index (χ2n) is 9.27. The molecular formula is C28H44O6S2. The lowest BCUT2D eigenvalue weighted by atomic mass is 10.1. The molecule has 204 valence electrons.